The van der Waals surface area contributed by atoms with Gasteiger partial charge in [0.2, 0.25) is 0 Å². The number of esters is 3. The van der Waals surface area contributed by atoms with Crippen molar-refractivity contribution in [3.05, 3.63) is 0 Å². The average Bonchev–Trinajstić information content (AvgIpc) is 3.12. The van der Waals surface area contributed by atoms with Crippen LogP contribution < -0.4 is 0 Å². The molecule has 314 valence electrons. The van der Waals surface area contributed by atoms with Crippen LogP contribution in [-0.4, -0.2) is 37.2 Å². The van der Waals surface area contributed by atoms with Crippen LogP contribution in [0, 0.1) is 11.8 Å². The summed E-state index contributed by atoms with van der Waals surface area (Å²) < 4.78 is 16.7. The summed E-state index contributed by atoms with van der Waals surface area (Å²) in [5.41, 5.74) is 0. The molecule has 0 bridgehead atoms. The van der Waals surface area contributed by atoms with Gasteiger partial charge in [0.25, 0.3) is 0 Å². The lowest BCUT2D eigenvalue weighted by Gasteiger charge is -2.18. The predicted molar refractivity (Wildman–Crippen MR) is 224 cm³/mol. The summed E-state index contributed by atoms with van der Waals surface area (Å²) >= 11 is 0. The second-order valence-electron chi connectivity index (χ2n) is 17.0. The molecule has 0 aliphatic rings. The van der Waals surface area contributed by atoms with Crippen LogP contribution in [0.4, 0.5) is 0 Å². The lowest BCUT2D eigenvalue weighted by Crippen LogP contribution is -2.30. The van der Waals surface area contributed by atoms with Crippen molar-refractivity contribution in [1.82, 2.24) is 0 Å². The monoisotopic (exact) mass is 751 g/mol. The van der Waals surface area contributed by atoms with Crippen molar-refractivity contribution in [2.45, 2.75) is 259 Å². The SMILES string of the molecule is CCCCCCCCCCCCCC(=O)OC[C@H](COC(=O)CCCCCCCCCCCC(C)C)OC(=O)CCCCCCCCCCCC(C)C. The summed E-state index contributed by atoms with van der Waals surface area (Å²) in [6, 6.07) is 0. The molecule has 0 heterocycles. The Labute approximate surface area is 329 Å². The van der Waals surface area contributed by atoms with Gasteiger partial charge in [0.05, 0.1) is 0 Å². The van der Waals surface area contributed by atoms with Gasteiger partial charge in [0, 0.05) is 19.3 Å². The first-order valence-corrected chi connectivity index (χ1v) is 23.2. The molecule has 0 aromatic heterocycles. The highest BCUT2D eigenvalue weighted by Gasteiger charge is 2.19. The number of rotatable bonds is 41. The van der Waals surface area contributed by atoms with Crippen molar-refractivity contribution < 1.29 is 28.6 Å². The van der Waals surface area contributed by atoms with Crippen LogP contribution in [-0.2, 0) is 28.6 Å². The van der Waals surface area contributed by atoms with E-state index in [0.717, 1.165) is 69.6 Å². The highest BCUT2D eigenvalue weighted by molar-refractivity contribution is 5.71. The van der Waals surface area contributed by atoms with Gasteiger partial charge in [-0.1, -0.05) is 214 Å². The first-order valence-electron chi connectivity index (χ1n) is 23.2. The average molecular weight is 751 g/mol. The van der Waals surface area contributed by atoms with E-state index in [4.69, 9.17) is 14.2 Å². The Bertz CT molecular complexity index is 809. The van der Waals surface area contributed by atoms with Crippen LogP contribution in [0.15, 0.2) is 0 Å². The van der Waals surface area contributed by atoms with Crippen molar-refractivity contribution in [3.63, 3.8) is 0 Å². The van der Waals surface area contributed by atoms with Crippen LogP contribution in [0.25, 0.3) is 0 Å². The molecule has 0 saturated heterocycles. The normalized spacial score (nSPS) is 12.1. The number of carbonyl (C=O) groups excluding carboxylic acids is 3. The van der Waals surface area contributed by atoms with Crippen molar-refractivity contribution in [3.8, 4) is 0 Å². The molecule has 0 radical (unpaired) electrons. The topological polar surface area (TPSA) is 78.9 Å². The number of hydrogen-bond acceptors (Lipinski definition) is 6. The zero-order valence-corrected chi connectivity index (χ0v) is 36.1. The summed E-state index contributed by atoms with van der Waals surface area (Å²) in [6.07, 6.45) is 38.0. The minimum absolute atomic E-state index is 0.0650. The Morgan fingerprint density at radius 2 is 0.623 bits per heavy atom. The van der Waals surface area contributed by atoms with Gasteiger partial charge in [-0.2, -0.15) is 0 Å². The van der Waals surface area contributed by atoms with Gasteiger partial charge < -0.3 is 14.2 Å². The first-order chi connectivity index (χ1) is 25.7. The Morgan fingerprint density at radius 3 is 0.925 bits per heavy atom. The minimum atomic E-state index is -0.760. The number of hydrogen-bond donors (Lipinski definition) is 0. The summed E-state index contributed by atoms with van der Waals surface area (Å²) in [6.45, 7) is 11.3. The Balaban J connectivity index is 4.34. The summed E-state index contributed by atoms with van der Waals surface area (Å²) in [5.74, 6) is 0.756. The molecule has 0 aliphatic heterocycles. The minimum Gasteiger partial charge on any atom is -0.462 e. The van der Waals surface area contributed by atoms with Gasteiger partial charge in [-0.05, 0) is 31.1 Å². The molecule has 0 aromatic rings. The van der Waals surface area contributed by atoms with Crippen LogP contribution >= 0.6 is 0 Å². The molecule has 0 fully saturated rings. The van der Waals surface area contributed by atoms with Crippen LogP contribution in [0.5, 0.6) is 0 Å². The maximum absolute atomic E-state index is 12.7. The maximum atomic E-state index is 12.7. The Kier molecular flexibility index (Phi) is 38.9. The summed E-state index contributed by atoms with van der Waals surface area (Å²) in [4.78, 5) is 37.7. The van der Waals surface area contributed by atoms with Gasteiger partial charge in [0.1, 0.15) is 13.2 Å². The largest absolute Gasteiger partial charge is 0.462 e. The van der Waals surface area contributed by atoms with E-state index >= 15 is 0 Å². The Morgan fingerprint density at radius 1 is 0.358 bits per heavy atom. The maximum Gasteiger partial charge on any atom is 0.306 e. The standard InChI is InChI=1S/C47H90O6/c1-6-7-8-9-10-11-12-17-22-27-32-37-45(48)51-40-44(53-47(50)39-34-29-24-19-14-16-21-26-31-36-43(4)5)41-52-46(49)38-33-28-23-18-13-15-20-25-30-35-42(2)3/h42-44H,6-41H2,1-5H3/t44-/m1/s1. The van der Waals surface area contributed by atoms with Gasteiger partial charge >= 0.3 is 17.9 Å². The van der Waals surface area contributed by atoms with Gasteiger partial charge in [0.15, 0.2) is 6.10 Å². The van der Waals surface area contributed by atoms with Crippen LogP contribution in [0.2, 0.25) is 0 Å². The van der Waals surface area contributed by atoms with Crippen molar-refractivity contribution in [1.29, 1.82) is 0 Å². The second kappa shape index (κ2) is 40.1. The predicted octanol–water partition coefficient (Wildman–Crippen LogP) is 14.6. The molecule has 0 spiro atoms. The zero-order chi connectivity index (χ0) is 39.0. The van der Waals surface area contributed by atoms with E-state index in [1.165, 1.54) is 141 Å². The molecule has 6 heteroatoms. The van der Waals surface area contributed by atoms with Gasteiger partial charge in [-0.3, -0.25) is 14.4 Å². The van der Waals surface area contributed by atoms with E-state index in [1.807, 2.05) is 0 Å². The van der Waals surface area contributed by atoms with Crippen LogP contribution in [0.3, 0.4) is 0 Å². The molecule has 0 unspecified atom stereocenters. The summed E-state index contributed by atoms with van der Waals surface area (Å²) in [5, 5.41) is 0. The van der Waals surface area contributed by atoms with Crippen molar-refractivity contribution >= 4 is 17.9 Å². The quantitative estimate of drug-likeness (QED) is 0.0352. The molecule has 0 aliphatic carbocycles. The highest BCUT2D eigenvalue weighted by Crippen LogP contribution is 2.16. The van der Waals surface area contributed by atoms with E-state index < -0.39 is 6.10 Å². The molecule has 6 nitrogen and oxygen atoms in total. The molecule has 0 aromatic carbocycles. The molecule has 1 atom stereocenters. The lowest BCUT2D eigenvalue weighted by atomic mass is 10.0. The summed E-state index contributed by atoms with van der Waals surface area (Å²) in [7, 11) is 0. The molecule has 0 amide bonds. The van der Waals surface area contributed by atoms with E-state index in [1.54, 1.807) is 0 Å². The Hall–Kier alpha value is -1.59. The van der Waals surface area contributed by atoms with Crippen molar-refractivity contribution in [2.24, 2.45) is 11.8 Å². The van der Waals surface area contributed by atoms with Crippen molar-refractivity contribution in [2.75, 3.05) is 13.2 Å². The van der Waals surface area contributed by atoms with E-state index in [9.17, 15) is 14.4 Å². The van der Waals surface area contributed by atoms with E-state index in [0.29, 0.717) is 19.3 Å². The fourth-order valence-electron chi connectivity index (χ4n) is 6.93. The smallest absolute Gasteiger partial charge is 0.306 e. The lowest BCUT2D eigenvalue weighted by molar-refractivity contribution is -0.167. The number of ether oxygens (including phenoxy) is 3. The van der Waals surface area contributed by atoms with E-state index in [2.05, 4.69) is 34.6 Å². The molecular weight excluding hydrogens is 661 g/mol. The first kappa shape index (κ1) is 51.4. The number of unbranched alkanes of at least 4 members (excludes halogenated alkanes) is 26. The highest BCUT2D eigenvalue weighted by atomic mass is 16.6. The molecule has 0 saturated carbocycles. The van der Waals surface area contributed by atoms with Crippen LogP contribution in [0.1, 0.15) is 253 Å². The fourth-order valence-corrected chi connectivity index (χ4v) is 6.93. The zero-order valence-electron chi connectivity index (χ0n) is 36.1. The van der Waals surface area contributed by atoms with Gasteiger partial charge in [-0.25, -0.2) is 0 Å². The fraction of sp³-hybridized carbons (Fsp3) is 0.936. The van der Waals surface area contributed by atoms with Gasteiger partial charge in [-0.15, -0.1) is 0 Å². The third-order valence-corrected chi connectivity index (χ3v) is 10.5. The second-order valence-corrected chi connectivity index (χ2v) is 17.0. The third-order valence-electron chi connectivity index (χ3n) is 10.5. The molecule has 53 heavy (non-hydrogen) atoms. The molecule has 0 N–H and O–H groups in total. The number of carbonyl (C=O) groups is 3. The molecular formula is C47H90O6. The van der Waals surface area contributed by atoms with E-state index in [-0.39, 0.29) is 31.1 Å². The third kappa shape index (κ3) is 41.4. The molecule has 0 rings (SSSR count).